The fourth-order valence-electron chi connectivity index (χ4n) is 0.499. The fraction of sp³-hybridized carbons (Fsp3) is 0. The molecule has 1 rings (SSSR count). The van der Waals surface area contributed by atoms with E-state index < -0.39 is 0 Å². The standard InChI is InChI=1S/C6H6O.Sb.2H/c7-6-4-2-1-3-5-6;;;/h1-5,7H;;;/q;+1;;/p-1. The van der Waals surface area contributed by atoms with E-state index in [0.717, 1.165) is 29.2 Å². The van der Waals surface area contributed by atoms with Gasteiger partial charge < -0.3 is 0 Å². The molecule has 42 valence electrons. The fourth-order valence-corrected chi connectivity index (χ4v) is 0.948. The predicted molar refractivity (Wildman–Crippen MR) is 35.6 cm³/mol. The minimum atomic E-state index is 0.833. The molecule has 0 saturated heterocycles. The van der Waals surface area contributed by atoms with Crippen molar-refractivity contribution in [2.45, 2.75) is 0 Å². The van der Waals surface area contributed by atoms with E-state index >= 15 is 0 Å². The Kier molecular flexibility index (Phi) is 2.23. The summed E-state index contributed by atoms with van der Waals surface area (Å²) in [5, 5.41) is 0. The molecule has 0 saturated carbocycles. The number of rotatable bonds is 1. The zero-order valence-corrected chi connectivity index (χ0v) is 7.67. The molecular weight excluding hydrogens is 210 g/mol. The van der Waals surface area contributed by atoms with Gasteiger partial charge in [0.1, 0.15) is 0 Å². The summed E-state index contributed by atoms with van der Waals surface area (Å²) in [5.41, 5.74) is 0. The van der Waals surface area contributed by atoms with Gasteiger partial charge in [0.25, 0.3) is 0 Å². The Hall–Kier alpha value is -0.162. The summed E-state index contributed by atoms with van der Waals surface area (Å²) in [6.07, 6.45) is 0. The zero-order chi connectivity index (χ0) is 5.82. The first-order valence-electron chi connectivity index (χ1n) is 2.35. The Morgan fingerprint density at radius 2 is 1.75 bits per heavy atom. The topological polar surface area (TPSA) is 9.23 Å². The second-order valence-corrected chi connectivity index (χ2v) is 2.10. The van der Waals surface area contributed by atoms with Gasteiger partial charge in [0, 0.05) is 0 Å². The maximum atomic E-state index is 5.04. The molecule has 8 heavy (non-hydrogen) atoms. The van der Waals surface area contributed by atoms with Crippen LogP contribution in [-0.4, -0.2) is 23.4 Å². The Labute approximate surface area is 62.7 Å². The monoisotopic (exact) mass is 216 g/mol. The molecular formula is C6H7OSb. The molecule has 0 N–H and O–H groups in total. The second kappa shape index (κ2) is 2.98. The van der Waals surface area contributed by atoms with Gasteiger partial charge in [-0.15, -0.1) is 0 Å². The van der Waals surface area contributed by atoms with E-state index in [1.165, 1.54) is 0 Å². The van der Waals surface area contributed by atoms with Crippen LogP contribution in [0.5, 0.6) is 5.75 Å². The maximum absolute atomic E-state index is 5.04. The van der Waals surface area contributed by atoms with Crippen molar-refractivity contribution in [1.29, 1.82) is 0 Å². The van der Waals surface area contributed by atoms with Crippen molar-refractivity contribution in [3.63, 3.8) is 0 Å². The Morgan fingerprint density at radius 1 is 1.12 bits per heavy atom. The molecule has 0 aliphatic heterocycles. The molecule has 1 nitrogen and oxygen atoms in total. The molecule has 0 atom stereocenters. The van der Waals surface area contributed by atoms with Crippen LogP contribution in [0.25, 0.3) is 0 Å². The second-order valence-electron chi connectivity index (χ2n) is 1.43. The summed E-state index contributed by atoms with van der Waals surface area (Å²) >= 11 is 0.833. The number of para-hydroxylation sites is 1. The molecule has 0 aliphatic rings. The van der Waals surface area contributed by atoms with Gasteiger partial charge in [0.15, 0.2) is 0 Å². The van der Waals surface area contributed by atoms with Crippen molar-refractivity contribution < 1.29 is 3.02 Å². The molecule has 0 spiro atoms. The summed E-state index contributed by atoms with van der Waals surface area (Å²) in [5.74, 6) is 0.968. The van der Waals surface area contributed by atoms with Crippen molar-refractivity contribution in [2.75, 3.05) is 0 Å². The average molecular weight is 217 g/mol. The normalized spacial score (nSPS) is 8.62. The van der Waals surface area contributed by atoms with Gasteiger partial charge in [-0.25, -0.2) is 0 Å². The van der Waals surface area contributed by atoms with Crippen LogP contribution in [0.2, 0.25) is 0 Å². The SMILES string of the molecule is [SbH2][O]c1ccccc1. The Morgan fingerprint density at radius 3 is 2.12 bits per heavy atom. The first-order chi connectivity index (χ1) is 3.93. The first-order valence-corrected chi connectivity index (χ1v) is 3.70. The summed E-state index contributed by atoms with van der Waals surface area (Å²) in [7, 11) is 0. The van der Waals surface area contributed by atoms with Crippen molar-refractivity contribution in [3.05, 3.63) is 30.3 Å². The van der Waals surface area contributed by atoms with Crippen LogP contribution >= 0.6 is 0 Å². The van der Waals surface area contributed by atoms with Crippen molar-refractivity contribution in [1.82, 2.24) is 0 Å². The van der Waals surface area contributed by atoms with Gasteiger partial charge in [0.05, 0.1) is 0 Å². The molecule has 2 heteroatoms. The molecule has 0 aromatic heterocycles. The third-order valence-corrected chi connectivity index (χ3v) is 1.66. The van der Waals surface area contributed by atoms with Gasteiger partial charge in [-0.2, -0.15) is 0 Å². The van der Waals surface area contributed by atoms with E-state index in [1.54, 1.807) is 0 Å². The molecule has 0 aliphatic carbocycles. The molecule has 0 fully saturated rings. The van der Waals surface area contributed by atoms with Crippen LogP contribution < -0.4 is 3.02 Å². The van der Waals surface area contributed by atoms with Crippen molar-refractivity contribution >= 4 is 23.4 Å². The van der Waals surface area contributed by atoms with E-state index in [1.807, 2.05) is 30.3 Å². The van der Waals surface area contributed by atoms with Gasteiger partial charge in [0.2, 0.25) is 0 Å². The average Bonchev–Trinajstić information content (AvgIpc) is 1.90. The predicted octanol–water partition coefficient (Wildman–Crippen LogP) is 0.613. The molecule has 1 aromatic rings. The van der Waals surface area contributed by atoms with E-state index in [2.05, 4.69) is 0 Å². The minimum absolute atomic E-state index is 0.833. The summed E-state index contributed by atoms with van der Waals surface area (Å²) in [4.78, 5) is 0. The summed E-state index contributed by atoms with van der Waals surface area (Å²) < 4.78 is 5.04. The van der Waals surface area contributed by atoms with Gasteiger partial charge in [-0.05, 0) is 0 Å². The Bertz CT molecular complexity index is 150. The molecule has 0 radical (unpaired) electrons. The molecule has 0 unspecified atom stereocenters. The third-order valence-electron chi connectivity index (χ3n) is 0.879. The number of benzene rings is 1. The molecule has 0 bridgehead atoms. The molecule has 0 amide bonds. The van der Waals surface area contributed by atoms with E-state index in [-0.39, 0.29) is 0 Å². The quantitative estimate of drug-likeness (QED) is 0.626. The van der Waals surface area contributed by atoms with Gasteiger partial charge in [-0.3, -0.25) is 0 Å². The van der Waals surface area contributed by atoms with Crippen LogP contribution in [0.3, 0.4) is 0 Å². The summed E-state index contributed by atoms with van der Waals surface area (Å²) in [6.45, 7) is 0. The van der Waals surface area contributed by atoms with E-state index in [4.69, 9.17) is 3.02 Å². The van der Waals surface area contributed by atoms with Crippen LogP contribution in [0.15, 0.2) is 30.3 Å². The Balaban J connectivity index is 2.83. The van der Waals surface area contributed by atoms with Crippen LogP contribution in [0.1, 0.15) is 0 Å². The third kappa shape index (κ3) is 1.41. The summed E-state index contributed by atoms with van der Waals surface area (Å²) in [6, 6.07) is 9.80. The molecule has 1 aromatic carbocycles. The van der Waals surface area contributed by atoms with Crippen LogP contribution in [0.4, 0.5) is 0 Å². The van der Waals surface area contributed by atoms with Crippen molar-refractivity contribution in [3.8, 4) is 5.75 Å². The zero-order valence-electron chi connectivity index (χ0n) is 4.37. The van der Waals surface area contributed by atoms with E-state index in [9.17, 15) is 0 Å². The van der Waals surface area contributed by atoms with Gasteiger partial charge >= 0.3 is 62.5 Å². The van der Waals surface area contributed by atoms with Crippen LogP contribution in [0, 0.1) is 0 Å². The first kappa shape index (κ1) is 5.97. The van der Waals surface area contributed by atoms with Crippen molar-refractivity contribution in [2.24, 2.45) is 0 Å². The van der Waals surface area contributed by atoms with Crippen LogP contribution in [-0.2, 0) is 0 Å². The molecule has 0 heterocycles. The van der Waals surface area contributed by atoms with E-state index in [0.29, 0.717) is 0 Å². The number of hydrogen-bond acceptors (Lipinski definition) is 1. The number of hydrogen-bond donors (Lipinski definition) is 0. The van der Waals surface area contributed by atoms with Gasteiger partial charge in [-0.1, -0.05) is 0 Å².